The van der Waals surface area contributed by atoms with E-state index in [0.29, 0.717) is 0 Å². The molecule has 0 saturated heterocycles. The molecule has 0 amide bonds. The average molecular weight is 226 g/mol. The van der Waals surface area contributed by atoms with E-state index >= 15 is 0 Å². The highest BCUT2D eigenvalue weighted by atomic mass is 32.1. The maximum absolute atomic E-state index is 5.35. The van der Waals surface area contributed by atoms with Crippen LogP contribution in [0.5, 0.6) is 0 Å². The van der Waals surface area contributed by atoms with Gasteiger partial charge in [0.2, 0.25) is 0 Å². The highest BCUT2D eigenvalue weighted by Gasteiger charge is 2.01. The normalized spacial score (nSPS) is 10.5. The van der Waals surface area contributed by atoms with Crippen LogP contribution in [0.2, 0.25) is 0 Å². The van der Waals surface area contributed by atoms with E-state index < -0.39 is 0 Å². The zero-order valence-electron chi connectivity index (χ0n) is 8.59. The van der Waals surface area contributed by atoms with Crippen LogP contribution in [0.25, 0.3) is 21.8 Å². The lowest BCUT2D eigenvalue weighted by molar-refractivity contribution is 0.582. The van der Waals surface area contributed by atoms with Gasteiger partial charge in [-0.3, -0.25) is 0 Å². The predicted molar refractivity (Wildman–Crippen MR) is 67.5 cm³/mol. The van der Waals surface area contributed by atoms with Gasteiger partial charge >= 0.3 is 0 Å². The molecule has 0 aliphatic heterocycles. The first-order valence-electron chi connectivity index (χ1n) is 5.11. The van der Waals surface area contributed by atoms with Crippen molar-refractivity contribution >= 4 is 11.3 Å². The SMILES string of the molecule is c1coc(-c2ccc(-c3cccs3)cc2)c1. The van der Waals surface area contributed by atoms with Crippen molar-refractivity contribution < 1.29 is 4.42 Å². The molecule has 2 aromatic heterocycles. The molecule has 0 fully saturated rings. The van der Waals surface area contributed by atoms with Crippen LogP contribution in [0.4, 0.5) is 0 Å². The summed E-state index contributed by atoms with van der Waals surface area (Å²) >= 11 is 1.76. The Morgan fingerprint density at radius 2 is 1.62 bits per heavy atom. The summed E-state index contributed by atoms with van der Waals surface area (Å²) in [6.07, 6.45) is 1.70. The Hall–Kier alpha value is -1.80. The molecule has 2 heterocycles. The third kappa shape index (κ3) is 1.68. The van der Waals surface area contributed by atoms with Crippen molar-refractivity contribution in [3.05, 3.63) is 60.2 Å². The van der Waals surface area contributed by atoms with E-state index in [2.05, 4.69) is 41.8 Å². The Kier molecular flexibility index (Phi) is 2.35. The maximum Gasteiger partial charge on any atom is 0.133 e. The quantitative estimate of drug-likeness (QED) is 0.618. The second-order valence-corrected chi connectivity index (χ2v) is 4.48. The predicted octanol–water partition coefficient (Wildman–Crippen LogP) is 4.68. The van der Waals surface area contributed by atoms with Gasteiger partial charge in [0.25, 0.3) is 0 Å². The topological polar surface area (TPSA) is 13.1 Å². The van der Waals surface area contributed by atoms with Crippen molar-refractivity contribution in [3.63, 3.8) is 0 Å². The van der Waals surface area contributed by atoms with Gasteiger partial charge in [-0.15, -0.1) is 11.3 Å². The molecular weight excluding hydrogens is 216 g/mol. The minimum absolute atomic E-state index is 0.915. The molecule has 0 unspecified atom stereocenters. The summed E-state index contributed by atoms with van der Waals surface area (Å²) in [6.45, 7) is 0. The first kappa shape index (κ1) is 9.43. The summed E-state index contributed by atoms with van der Waals surface area (Å²) in [5.41, 5.74) is 2.37. The zero-order valence-corrected chi connectivity index (χ0v) is 9.41. The van der Waals surface area contributed by atoms with Gasteiger partial charge in [0.15, 0.2) is 0 Å². The largest absolute Gasteiger partial charge is 0.464 e. The zero-order chi connectivity index (χ0) is 10.8. The van der Waals surface area contributed by atoms with E-state index in [0.717, 1.165) is 11.3 Å². The summed E-state index contributed by atoms with van der Waals surface area (Å²) in [7, 11) is 0. The number of rotatable bonds is 2. The standard InChI is InChI=1S/C14H10OS/c1-3-13(15-9-1)11-5-7-12(8-6-11)14-4-2-10-16-14/h1-10H. The van der Waals surface area contributed by atoms with Crippen molar-refractivity contribution in [2.75, 3.05) is 0 Å². The number of furan rings is 1. The average Bonchev–Trinajstić information content (AvgIpc) is 3.03. The molecule has 0 bridgehead atoms. The van der Waals surface area contributed by atoms with Crippen molar-refractivity contribution in [2.24, 2.45) is 0 Å². The van der Waals surface area contributed by atoms with Crippen molar-refractivity contribution in [2.45, 2.75) is 0 Å². The van der Waals surface area contributed by atoms with Crippen molar-refractivity contribution in [3.8, 4) is 21.8 Å². The van der Waals surface area contributed by atoms with Crippen LogP contribution >= 0.6 is 11.3 Å². The third-order valence-corrected chi connectivity index (χ3v) is 3.42. The summed E-state index contributed by atoms with van der Waals surface area (Å²) in [4.78, 5) is 1.30. The molecule has 1 nitrogen and oxygen atoms in total. The summed E-state index contributed by atoms with van der Waals surface area (Å²) in [6, 6.07) is 16.5. The van der Waals surface area contributed by atoms with E-state index in [-0.39, 0.29) is 0 Å². The van der Waals surface area contributed by atoms with Crippen LogP contribution < -0.4 is 0 Å². The van der Waals surface area contributed by atoms with E-state index in [1.54, 1.807) is 17.6 Å². The molecule has 0 radical (unpaired) electrons. The molecule has 16 heavy (non-hydrogen) atoms. The lowest BCUT2D eigenvalue weighted by atomic mass is 10.1. The number of hydrogen-bond acceptors (Lipinski definition) is 2. The molecule has 0 atom stereocenters. The Balaban J connectivity index is 1.97. The molecule has 0 spiro atoms. The first-order chi connectivity index (χ1) is 7.93. The maximum atomic E-state index is 5.35. The van der Waals surface area contributed by atoms with E-state index in [1.165, 1.54) is 10.4 Å². The molecule has 3 aromatic rings. The van der Waals surface area contributed by atoms with E-state index in [9.17, 15) is 0 Å². The Bertz CT molecular complexity index is 494. The smallest absolute Gasteiger partial charge is 0.133 e. The van der Waals surface area contributed by atoms with Gasteiger partial charge in [-0.1, -0.05) is 30.3 Å². The van der Waals surface area contributed by atoms with Crippen molar-refractivity contribution in [1.82, 2.24) is 0 Å². The second-order valence-electron chi connectivity index (χ2n) is 3.53. The monoisotopic (exact) mass is 226 g/mol. The van der Waals surface area contributed by atoms with E-state index in [4.69, 9.17) is 4.42 Å². The molecule has 2 heteroatoms. The van der Waals surface area contributed by atoms with Crippen LogP contribution in [0.3, 0.4) is 0 Å². The minimum atomic E-state index is 0.915. The van der Waals surface area contributed by atoms with E-state index in [1.807, 2.05) is 12.1 Å². The molecule has 0 N–H and O–H groups in total. The third-order valence-electron chi connectivity index (χ3n) is 2.50. The highest BCUT2D eigenvalue weighted by Crippen LogP contribution is 2.27. The van der Waals surface area contributed by atoms with Crippen LogP contribution in [-0.4, -0.2) is 0 Å². The Morgan fingerprint density at radius 1 is 0.812 bits per heavy atom. The van der Waals surface area contributed by atoms with Gasteiger partial charge in [-0.25, -0.2) is 0 Å². The van der Waals surface area contributed by atoms with Crippen LogP contribution in [0.15, 0.2) is 64.6 Å². The van der Waals surface area contributed by atoms with Gasteiger partial charge in [-0.05, 0) is 29.1 Å². The second kappa shape index (κ2) is 3.99. The number of benzene rings is 1. The lowest BCUT2D eigenvalue weighted by Crippen LogP contribution is -1.75. The fourth-order valence-electron chi connectivity index (χ4n) is 1.68. The number of hydrogen-bond donors (Lipinski definition) is 0. The molecule has 3 rings (SSSR count). The van der Waals surface area contributed by atoms with Gasteiger partial charge < -0.3 is 4.42 Å². The fourth-order valence-corrected chi connectivity index (χ4v) is 2.42. The fraction of sp³-hybridized carbons (Fsp3) is 0. The molecule has 1 aromatic carbocycles. The lowest BCUT2D eigenvalue weighted by Gasteiger charge is -1.99. The molecule has 78 valence electrons. The number of thiophene rings is 1. The Morgan fingerprint density at radius 3 is 2.25 bits per heavy atom. The molecule has 0 aliphatic carbocycles. The molecule has 0 aliphatic rings. The highest BCUT2D eigenvalue weighted by molar-refractivity contribution is 7.13. The molecule has 0 saturated carbocycles. The summed E-state index contributed by atoms with van der Waals surface area (Å²) in [5.74, 6) is 0.915. The van der Waals surface area contributed by atoms with Crippen LogP contribution in [-0.2, 0) is 0 Å². The summed E-state index contributed by atoms with van der Waals surface area (Å²) in [5, 5.41) is 2.09. The summed E-state index contributed by atoms with van der Waals surface area (Å²) < 4.78 is 5.35. The first-order valence-corrected chi connectivity index (χ1v) is 5.99. The van der Waals surface area contributed by atoms with Crippen LogP contribution in [0.1, 0.15) is 0 Å². The van der Waals surface area contributed by atoms with Crippen molar-refractivity contribution in [1.29, 1.82) is 0 Å². The van der Waals surface area contributed by atoms with Gasteiger partial charge in [0, 0.05) is 10.4 Å². The van der Waals surface area contributed by atoms with Crippen LogP contribution in [0, 0.1) is 0 Å². The van der Waals surface area contributed by atoms with Gasteiger partial charge in [0.1, 0.15) is 5.76 Å². The van der Waals surface area contributed by atoms with Gasteiger partial charge in [-0.2, -0.15) is 0 Å². The molecular formula is C14H10OS. The minimum Gasteiger partial charge on any atom is -0.464 e. The Labute approximate surface area is 98.0 Å². The van der Waals surface area contributed by atoms with Gasteiger partial charge in [0.05, 0.1) is 6.26 Å².